The molecule has 0 aliphatic carbocycles. The van der Waals surface area contributed by atoms with Gasteiger partial charge in [-0.05, 0) is 56.9 Å². The van der Waals surface area contributed by atoms with Crippen molar-refractivity contribution in [3.8, 4) is 5.75 Å². The van der Waals surface area contributed by atoms with Gasteiger partial charge in [-0.15, -0.1) is 0 Å². The van der Waals surface area contributed by atoms with Crippen molar-refractivity contribution in [1.29, 1.82) is 0 Å². The van der Waals surface area contributed by atoms with Gasteiger partial charge in [-0.1, -0.05) is 42.5 Å². The minimum absolute atomic E-state index is 0.125. The van der Waals surface area contributed by atoms with Crippen LogP contribution < -0.4 is 15.7 Å². The average molecular weight is 481 g/mol. The van der Waals surface area contributed by atoms with Crippen LogP contribution in [0.25, 0.3) is 0 Å². The van der Waals surface area contributed by atoms with Crippen LogP contribution in [0.2, 0.25) is 0 Å². The fraction of sp³-hybridized carbons (Fsp3) is 0.385. The van der Waals surface area contributed by atoms with Crippen LogP contribution >= 0.6 is 0 Å². The number of rotatable bonds is 12. The van der Waals surface area contributed by atoms with Crippen molar-refractivity contribution in [3.05, 3.63) is 82.0 Å². The number of benzene rings is 2. The summed E-state index contributed by atoms with van der Waals surface area (Å²) in [5.41, 5.74) is 0.455. The number of carbonyl (C=O) groups is 2. The third kappa shape index (κ3) is 7.05. The maximum Gasteiger partial charge on any atom is 0.347 e. The molecular formula is C26H32N4O5. The molecule has 0 spiro atoms. The number of aromatic nitrogens is 3. The highest BCUT2D eigenvalue weighted by Gasteiger charge is 2.29. The van der Waals surface area contributed by atoms with Gasteiger partial charge in [0, 0.05) is 19.5 Å². The van der Waals surface area contributed by atoms with Crippen LogP contribution in [0.1, 0.15) is 44.1 Å². The molecule has 0 aliphatic rings. The van der Waals surface area contributed by atoms with Crippen molar-refractivity contribution in [3.63, 3.8) is 0 Å². The molecule has 0 radical (unpaired) electrons. The Morgan fingerprint density at radius 2 is 1.71 bits per heavy atom. The highest BCUT2D eigenvalue weighted by atomic mass is 16.5. The van der Waals surface area contributed by atoms with Crippen LogP contribution in [-0.2, 0) is 42.1 Å². The molecule has 1 heterocycles. The summed E-state index contributed by atoms with van der Waals surface area (Å²) in [7, 11) is 0. The third-order valence-electron chi connectivity index (χ3n) is 5.62. The SMILES string of the molecule is CCn1c(CCCc2ccc(OC(C)(C)C(=O)O)cc2)nn(CC(=O)NCc2ccccc2)c1=O. The fourth-order valence-electron chi connectivity index (χ4n) is 3.59. The second-order valence-corrected chi connectivity index (χ2v) is 8.78. The summed E-state index contributed by atoms with van der Waals surface area (Å²) >= 11 is 0. The Morgan fingerprint density at radius 1 is 1.03 bits per heavy atom. The van der Waals surface area contributed by atoms with E-state index in [1.807, 2.05) is 49.4 Å². The van der Waals surface area contributed by atoms with Crippen LogP contribution in [0.5, 0.6) is 5.75 Å². The quantitative estimate of drug-likeness (QED) is 0.412. The highest BCUT2D eigenvalue weighted by Crippen LogP contribution is 2.20. The maximum atomic E-state index is 12.7. The third-order valence-corrected chi connectivity index (χ3v) is 5.62. The topological polar surface area (TPSA) is 115 Å². The van der Waals surface area contributed by atoms with Crippen LogP contribution in [0.3, 0.4) is 0 Å². The molecule has 9 heteroatoms. The van der Waals surface area contributed by atoms with Gasteiger partial charge in [0.25, 0.3) is 0 Å². The van der Waals surface area contributed by atoms with Crippen LogP contribution in [0.15, 0.2) is 59.4 Å². The number of hydrogen-bond acceptors (Lipinski definition) is 5. The van der Waals surface area contributed by atoms with Gasteiger partial charge in [-0.25, -0.2) is 14.3 Å². The Labute approximate surface area is 204 Å². The number of aliphatic carboxylic acids is 1. The molecule has 3 aromatic rings. The first-order valence-corrected chi connectivity index (χ1v) is 11.7. The molecule has 0 bridgehead atoms. The van der Waals surface area contributed by atoms with E-state index in [9.17, 15) is 19.5 Å². The number of aryl methyl sites for hydroxylation is 2. The number of carbonyl (C=O) groups excluding carboxylic acids is 1. The van der Waals surface area contributed by atoms with E-state index in [4.69, 9.17) is 4.74 Å². The minimum atomic E-state index is -1.30. The molecule has 0 atom stereocenters. The van der Waals surface area contributed by atoms with E-state index in [0.717, 1.165) is 24.0 Å². The van der Waals surface area contributed by atoms with Crippen molar-refractivity contribution in [2.75, 3.05) is 0 Å². The summed E-state index contributed by atoms with van der Waals surface area (Å²) in [6.07, 6.45) is 2.11. The Bertz CT molecular complexity index is 1200. The normalized spacial score (nSPS) is 11.3. The molecular weight excluding hydrogens is 448 g/mol. The van der Waals surface area contributed by atoms with Crippen LogP contribution in [-0.4, -0.2) is 36.9 Å². The molecule has 0 saturated carbocycles. The second kappa shape index (κ2) is 11.5. The van der Waals surface area contributed by atoms with Gasteiger partial charge >= 0.3 is 11.7 Å². The lowest BCUT2D eigenvalue weighted by Crippen LogP contribution is -2.37. The number of carboxylic acid groups (broad SMARTS) is 1. The van der Waals surface area contributed by atoms with E-state index >= 15 is 0 Å². The zero-order valence-corrected chi connectivity index (χ0v) is 20.4. The Kier molecular flexibility index (Phi) is 8.46. The van der Waals surface area contributed by atoms with Crippen molar-refractivity contribution in [2.45, 2.75) is 65.3 Å². The summed E-state index contributed by atoms with van der Waals surface area (Å²) < 4.78 is 8.34. The van der Waals surface area contributed by atoms with Crippen molar-refractivity contribution < 1.29 is 19.4 Å². The van der Waals surface area contributed by atoms with Gasteiger partial charge in [-0.3, -0.25) is 9.36 Å². The maximum absolute atomic E-state index is 12.7. The number of carboxylic acids is 1. The first-order valence-electron chi connectivity index (χ1n) is 11.7. The van der Waals surface area contributed by atoms with Crippen molar-refractivity contribution >= 4 is 11.9 Å². The van der Waals surface area contributed by atoms with Gasteiger partial charge in [0.1, 0.15) is 18.1 Å². The monoisotopic (exact) mass is 480 g/mol. The molecule has 1 aromatic heterocycles. The number of hydrogen-bond donors (Lipinski definition) is 2. The van der Waals surface area contributed by atoms with E-state index in [-0.39, 0.29) is 18.1 Å². The molecule has 0 unspecified atom stereocenters. The zero-order valence-electron chi connectivity index (χ0n) is 20.4. The lowest BCUT2D eigenvalue weighted by molar-refractivity contribution is -0.152. The lowest BCUT2D eigenvalue weighted by atomic mass is 10.1. The number of amides is 1. The predicted molar refractivity (Wildman–Crippen MR) is 131 cm³/mol. The first kappa shape index (κ1) is 25.7. The van der Waals surface area contributed by atoms with E-state index < -0.39 is 11.6 Å². The standard InChI is InChI=1S/C26H32N4O5/c1-4-29-22(12-8-11-19-13-15-21(16-14-19)35-26(2,3)24(32)33)28-30(25(29)34)18-23(31)27-17-20-9-6-5-7-10-20/h5-7,9-10,13-16H,4,8,11-12,17-18H2,1-3H3,(H,27,31)(H,32,33). The summed E-state index contributed by atoms with van der Waals surface area (Å²) in [4.78, 5) is 36.2. The minimum Gasteiger partial charge on any atom is -0.478 e. The molecule has 2 aromatic carbocycles. The molecule has 9 nitrogen and oxygen atoms in total. The lowest BCUT2D eigenvalue weighted by Gasteiger charge is -2.21. The summed E-state index contributed by atoms with van der Waals surface area (Å²) in [6.45, 7) is 5.63. The highest BCUT2D eigenvalue weighted by molar-refractivity contribution is 5.76. The Balaban J connectivity index is 1.55. The van der Waals surface area contributed by atoms with Gasteiger partial charge in [0.05, 0.1) is 0 Å². The van der Waals surface area contributed by atoms with Crippen LogP contribution in [0.4, 0.5) is 0 Å². The average Bonchev–Trinajstić information content (AvgIpc) is 3.13. The molecule has 3 rings (SSSR count). The van der Waals surface area contributed by atoms with E-state index in [2.05, 4.69) is 10.4 Å². The summed E-state index contributed by atoms with van der Waals surface area (Å²) in [5, 5.41) is 16.4. The van der Waals surface area contributed by atoms with E-state index in [1.54, 1.807) is 16.7 Å². The number of nitrogens with zero attached hydrogens (tertiary/aromatic N) is 3. The van der Waals surface area contributed by atoms with Gasteiger partial charge in [0.15, 0.2) is 5.60 Å². The molecule has 2 N–H and O–H groups in total. The first-order chi connectivity index (χ1) is 16.7. The van der Waals surface area contributed by atoms with E-state index in [0.29, 0.717) is 31.1 Å². The Morgan fingerprint density at radius 3 is 2.34 bits per heavy atom. The smallest absolute Gasteiger partial charge is 0.347 e. The van der Waals surface area contributed by atoms with Crippen molar-refractivity contribution in [2.24, 2.45) is 0 Å². The predicted octanol–water partition coefficient (Wildman–Crippen LogP) is 2.80. The molecule has 0 fully saturated rings. The van der Waals surface area contributed by atoms with Crippen molar-refractivity contribution in [1.82, 2.24) is 19.7 Å². The zero-order chi connectivity index (χ0) is 25.4. The Hall–Kier alpha value is -3.88. The summed E-state index contributed by atoms with van der Waals surface area (Å²) in [5.74, 6) is -0.157. The largest absolute Gasteiger partial charge is 0.478 e. The van der Waals surface area contributed by atoms with Crippen LogP contribution in [0, 0.1) is 0 Å². The number of nitrogens with one attached hydrogen (secondary N) is 1. The van der Waals surface area contributed by atoms with Gasteiger partial charge < -0.3 is 15.2 Å². The molecule has 0 saturated heterocycles. The summed E-state index contributed by atoms with van der Waals surface area (Å²) in [6, 6.07) is 16.9. The molecule has 186 valence electrons. The van der Waals surface area contributed by atoms with Gasteiger partial charge in [-0.2, -0.15) is 5.10 Å². The molecule has 35 heavy (non-hydrogen) atoms. The van der Waals surface area contributed by atoms with Gasteiger partial charge in [0.2, 0.25) is 5.91 Å². The molecule has 0 aliphatic heterocycles. The number of ether oxygens (including phenoxy) is 1. The molecule has 1 amide bonds. The second-order valence-electron chi connectivity index (χ2n) is 8.78. The van der Waals surface area contributed by atoms with E-state index in [1.165, 1.54) is 18.5 Å². The fourth-order valence-corrected chi connectivity index (χ4v) is 3.59.